The van der Waals surface area contributed by atoms with Gasteiger partial charge >= 0.3 is 0 Å². The Hall–Kier alpha value is -0.380. The van der Waals surface area contributed by atoms with Crippen LogP contribution in [0.2, 0.25) is 0 Å². The van der Waals surface area contributed by atoms with Crippen LogP contribution in [0, 0.1) is 0 Å². The summed E-state index contributed by atoms with van der Waals surface area (Å²) in [5.74, 6) is 0. The van der Waals surface area contributed by atoms with E-state index in [4.69, 9.17) is 23.2 Å². The van der Waals surface area contributed by atoms with Gasteiger partial charge in [-0.3, -0.25) is 0 Å². The Balaban J connectivity index is 2.84. The van der Waals surface area contributed by atoms with E-state index < -0.39 is 11.3 Å². The van der Waals surface area contributed by atoms with Crippen LogP contribution in [-0.4, -0.2) is 0 Å². The van der Waals surface area contributed by atoms with Crippen molar-refractivity contribution in [3.05, 3.63) is 45.9 Å². The molecule has 0 aromatic heterocycles. The fourth-order valence-corrected chi connectivity index (χ4v) is 2.67. The normalized spacial score (nSPS) is 11.7. The van der Waals surface area contributed by atoms with Crippen molar-refractivity contribution in [1.82, 2.24) is 0 Å². The highest BCUT2D eigenvalue weighted by Gasteiger charge is 2.20. The van der Waals surface area contributed by atoms with Crippen molar-refractivity contribution < 1.29 is 8.78 Å². The molecule has 0 N–H and O–H groups in total. The minimum absolute atomic E-state index is 0.0983. The van der Waals surface area contributed by atoms with Crippen molar-refractivity contribution in [3.63, 3.8) is 0 Å². The van der Waals surface area contributed by atoms with Gasteiger partial charge in [0.15, 0.2) is 0 Å². The van der Waals surface area contributed by atoms with Crippen LogP contribution in [0.25, 0.3) is 10.8 Å². The van der Waals surface area contributed by atoms with Gasteiger partial charge in [-0.25, -0.2) is 8.78 Å². The van der Waals surface area contributed by atoms with Crippen molar-refractivity contribution >= 4 is 49.9 Å². The van der Waals surface area contributed by atoms with Crippen LogP contribution in [0.3, 0.4) is 0 Å². The summed E-state index contributed by atoms with van der Waals surface area (Å²) in [4.78, 5) is -0.956. The molecule has 0 saturated carbocycles. The first-order chi connectivity index (χ1) is 8.02. The fourth-order valence-electron chi connectivity index (χ4n) is 1.79. The third-order valence-corrected chi connectivity index (χ3v) is 3.70. The van der Waals surface area contributed by atoms with E-state index in [-0.39, 0.29) is 11.1 Å². The van der Waals surface area contributed by atoms with Gasteiger partial charge in [0, 0.05) is 10.0 Å². The molecule has 0 heterocycles. The summed E-state index contributed by atoms with van der Waals surface area (Å²) >= 11 is 14.8. The molecule has 0 aliphatic carbocycles. The Kier molecular flexibility index (Phi) is 3.91. The highest BCUT2D eigenvalue weighted by Crippen LogP contribution is 2.39. The van der Waals surface area contributed by atoms with E-state index in [0.29, 0.717) is 5.39 Å². The maximum atomic E-state index is 13.1. The predicted octanol–water partition coefficient (Wildman–Crippen LogP) is 6.02. The smallest absolute Gasteiger partial charge is 0.205 e. The summed E-state index contributed by atoms with van der Waals surface area (Å²) in [5, 5.41) is 1.19. The lowest BCUT2D eigenvalue weighted by atomic mass is 10.00. The number of benzene rings is 2. The van der Waals surface area contributed by atoms with E-state index in [0.717, 1.165) is 9.86 Å². The molecule has 0 saturated heterocycles. The molecule has 0 aliphatic heterocycles. The van der Waals surface area contributed by atoms with Crippen molar-refractivity contribution in [3.8, 4) is 0 Å². The molecule has 2 rings (SSSR count). The largest absolute Gasteiger partial charge is 0.264 e. The van der Waals surface area contributed by atoms with Gasteiger partial charge in [-0.05, 0) is 22.4 Å². The van der Waals surface area contributed by atoms with Gasteiger partial charge in [0.05, 0.1) is 0 Å². The predicted molar refractivity (Wildman–Crippen MR) is 71.1 cm³/mol. The van der Waals surface area contributed by atoms with E-state index in [1.807, 2.05) is 0 Å². The van der Waals surface area contributed by atoms with E-state index in [1.54, 1.807) is 30.3 Å². The molecule has 5 heteroatoms. The first-order valence-corrected chi connectivity index (χ1v) is 6.46. The van der Waals surface area contributed by atoms with Crippen LogP contribution in [0.15, 0.2) is 34.8 Å². The van der Waals surface area contributed by atoms with E-state index >= 15 is 0 Å². The van der Waals surface area contributed by atoms with Crippen LogP contribution in [0.1, 0.15) is 22.4 Å². The molecule has 0 nitrogen and oxygen atoms in total. The third kappa shape index (κ3) is 2.42. The minimum atomic E-state index is -2.61. The van der Waals surface area contributed by atoms with Gasteiger partial charge in [-0.2, -0.15) is 0 Å². The summed E-state index contributed by atoms with van der Waals surface area (Å²) in [5.41, 5.74) is 0.160. The third-order valence-electron chi connectivity index (χ3n) is 2.54. The molecule has 0 radical (unpaired) electrons. The first kappa shape index (κ1) is 13.1. The first-order valence-electron chi connectivity index (χ1n) is 4.79. The molecule has 0 amide bonds. The van der Waals surface area contributed by atoms with Crippen molar-refractivity contribution in [2.75, 3.05) is 0 Å². The number of rotatable bonds is 2. The van der Waals surface area contributed by atoms with Crippen molar-refractivity contribution in [2.45, 2.75) is 11.3 Å². The van der Waals surface area contributed by atoms with Gasteiger partial charge in [-0.1, -0.05) is 40.2 Å². The quantitative estimate of drug-likeness (QED) is 0.587. The van der Waals surface area contributed by atoms with Gasteiger partial charge in [0.1, 0.15) is 4.84 Å². The molecular formula is C12H7BrCl2F2. The van der Waals surface area contributed by atoms with Crippen LogP contribution < -0.4 is 0 Å². The van der Waals surface area contributed by atoms with Crippen molar-refractivity contribution in [2.24, 2.45) is 0 Å². The standard InChI is InChI=1S/C12H7BrCl2F2/c13-9-3-1-2-7-6(9)4-5-8(11(14)15)10(7)12(16)17/h1-5,11-12H. The fraction of sp³-hybridized carbons (Fsp3) is 0.167. The second-order valence-corrected chi connectivity index (χ2v) is 5.46. The summed E-state index contributed by atoms with van der Waals surface area (Å²) in [6, 6.07) is 8.43. The van der Waals surface area contributed by atoms with Crippen LogP contribution in [0.5, 0.6) is 0 Å². The maximum absolute atomic E-state index is 13.1. The highest BCUT2D eigenvalue weighted by atomic mass is 79.9. The molecule has 90 valence electrons. The molecule has 2 aromatic rings. The summed E-state index contributed by atoms with van der Waals surface area (Å²) < 4.78 is 27.0. The maximum Gasteiger partial charge on any atom is 0.264 e. The number of fused-ring (bicyclic) bond motifs is 1. The Bertz CT molecular complexity index is 555. The molecule has 0 bridgehead atoms. The van der Waals surface area contributed by atoms with E-state index in [2.05, 4.69) is 15.9 Å². The average molecular weight is 340 g/mol. The summed E-state index contributed by atoms with van der Waals surface area (Å²) in [7, 11) is 0. The molecule has 0 fully saturated rings. The SMILES string of the molecule is FC(F)c1c(C(Cl)Cl)ccc2c(Br)cccc12. The molecule has 0 aliphatic rings. The Morgan fingerprint density at radius 1 is 1.00 bits per heavy atom. The molecule has 0 unspecified atom stereocenters. The van der Waals surface area contributed by atoms with Crippen LogP contribution in [-0.2, 0) is 0 Å². The second kappa shape index (κ2) is 5.09. The summed E-state index contributed by atoms with van der Waals surface area (Å²) in [6.45, 7) is 0. The lowest BCUT2D eigenvalue weighted by molar-refractivity contribution is 0.152. The van der Waals surface area contributed by atoms with Crippen molar-refractivity contribution in [1.29, 1.82) is 0 Å². The number of hydrogen-bond donors (Lipinski definition) is 0. The van der Waals surface area contributed by atoms with E-state index in [9.17, 15) is 8.78 Å². The summed E-state index contributed by atoms with van der Waals surface area (Å²) in [6.07, 6.45) is -2.61. The van der Waals surface area contributed by atoms with Gasteiger partial charge in [-0.15, -0.1) is 23.2 Å². The highest BCUT2D eigenvalue weighted by molar-refractivity contribution is 9.10. The number of halogens is 5. The molecular weight excluding hydrogens is 333 g/mol. The number of alkyl halides is 4. The number of hydrogen-bond acceptors (Lipinski definition) is 0. The molecule has 17 heavy (non-hydrogen) atoms. The topological polar surface area (TPSA) is 0 Å². The zero-order valence-corrected chi connectivity index (χ0v) is 11.5. The lowest BCUT2D eigenvalue weighted by Crippen LogP contribution is -1.96. The zero-order valence-electron chi connectivity index (χ0n) is 8.43. The average Bonchev–Trinajstić information content (AvgIpc) is 2.27. The lowest BCUT2D eigenvalue weighted by Gasteiger charge is -2.13. The Morgan fingerprint density at radius 3 is 2.29 bits per heavy atom. The zero-order chi connectivity index (χ0) is 12.6. The van der Waals surface area contributed by atoms with Gasteiger partial charge in [0.25, 0.3) is 6.43 Å². The molecule has 2 aromatic carbocycles. The van der Waals surface area contributed by atoms with Gasteiger partial charge < -0.3 is 0 Å². The molecule has 0 spiro atoms. The Morgan fingerprint density at radius 2 is 1.71 bits per heavy atom. The van der Waals surface area contributed by atoms with E-state index in [1.165, 1.54) is 0 Å². The minimum Gasteiger partial charge on any atom is -0.205 e. The van der Waals surface area contributed by atoms with Crippen LogP contribution in [0.4, 0.5) is 8.78 Å². The second-order valence-electron chi connectivity index (χ2n) is 3.50. The Labute approximate surface area is 116 Å². The van der Waals surface area contributed by atoms with Gasteiger partial charge in [0.2, 0.25) is 0 Å². The van der Waals surface area contributed by atoms with Crippen LogP contribution >= 0.6 is 39.1 Å². The molecule has 0 atom stereocenters. The monoisotopic (exact) mass is 338 g/mol.